The highest BCUT2D eigenvalue weighted by molar-refractivity contribution is 7.90. The Kier molecular flexibility index (Phi) is 6.91. The predicted molar refractivity (Wildman–Crippen MR) is 125 cm³/mol. The molecule has 1 aliphatic carbocycles. The van der Waals surface area contributed by atoms with Gasteiger partial charge in [-0.3, -0.25) is 9.78 Å². The smallest absolute Gasteiger partial charge is 0.328 e. The molecule has 8 nitrogen and oxygen atoms in total. The second-order valence-corrected chi connectivity index (χ2v) is 10.7. The maximum absolute atomic E-state index is 14.5. The molecule has 0 amide bonds. The number of rotatable bonds is 10. The van der Waals surface area contributed by atoms with Crippen molar-refractivity contribution in [3.05, 3.63) is 98.3 Å². The van der Waals surface area contributed by atoms with E-state index in [0.717, 1.165) is 29.5 Å². The first kappa shape index (κ1) is 24.8. The van der Waals surface area contributed by atoms with Gasteiger partial charge in [0.25, 0.3) is 5.56 Å². The summed E-state index contributed by atoms with van der Waals surface area (Å²) in [5.74, 6) is -0.890. The first-order valence-electron chi connectivity index (χ1n) is 11.1. The quantitative estimate of drug-likeness (QED) is 0.438. The van der Waals surface area contributed by atoms with Crippen LogP contribution in [0.5, 0.6) is 5.75 Å². The predicted octanol–water partition coefficient (Wildman–Crippen LogP) is 2.42. The number of hydrogen-bond acceptors (Lipinski definition) is 5. The average Bonchev–Trinajstić information content (AvgIpc) is 3.62. The molecule has 0 aliphatic heterocycles. The van der Waals surface area contributed by atoms with Crippen LogP contribution in [0.1, 0.15) is 30.4 Å². The number of ether oxygens (including phenoxy) is 1. The average molecular weight is 506 g/mol. The minimum absolute atomic E-state index is 0.0947. The molecule has 1 heterocycles. The van der Waals surface area contributed by atoms with Crippen molar-refractivity contribution in [2.75, 3.05) is 6.61 Å². The lowest BCUT2D eigenvalue weighted by Crippen LogP contribution is -2.44. The molecule has 11 heteroatoms. The fourth-order valence-corrected chi connectivity index (χ4v) is 5.18. The molecule has 1 saturated carbocycles. The van der Waals surface area contributed by atoms with E-state index < -0.39 is 37.7 Å². The Morgan fingerprint density at radius 2 is 1.80 bits per heavy atom. The van der Waals surface area contributed by atoms with Crippen molar-refractivity contribution >= 4 is 10.0 Å². The molecule has 1 fully saturated rings. The first-order chi connectivity index (χ1) is 16.6. The Balaban J connectivity index is 1.79. The van der Waals surface area contributed by atoms with Gasteiger partial charge in [0, 0.05) is 18.8 Å². The summed E-state index contributed by atoms with van der Waals surface area (Å²) in [5, 5.41) is 5.79. The highest BCUT2D eigenvalue weighted by Gasteiger charge is 2.44. The summed E-state index contributed by atoms with van der Waals surface area (Å²) in [6.45, 7) is 0.191. The minimum atomic E-state index is -4.39. The van der Waals surface area contributed by atoms with E-state index in [-0.39, 0.29) is 30.7 Å². The number of aromatic nitrogens is 2. The van der Waals surface area contributed by atoms with Crippen LogP contribution in [0.2, 0.25) is 0 Å². The van der Waals surface area contributed by atoms with Crippen molar-refractivity contribution in [3.63, 3.8) is 0 Å². The maximum atomic E-state index is 14.5. The Hall–Kier alpha value is -3.31. The number of H-pyrrole nitrogens is 1. The lowest BCUT2D eigenvalue weighted by molar-refractivity contribution is 0.284. The van der Waals surface area contributed by atoms with Crippen LogP contribution in [0, 0.1) is 17.6 Å². The fraction of sp³-hybridized carbons (Fsp3) is 0.333. The van der Waals surface area contributed by atoms with Gasteiger partial charge in [-0.25, -0.2) is 27.1 Å². The highest BCUT2D eigenvalue weighted by atomic mass is 32.2. The number of aromatic amines is 1. The van der Waals surface area contributed by atoms with E-state index in [2.05, 4.69) is 4.98 Å². The summed E-state index contributed by atoms with van der Waals surface area (Å²) in [4.78, 5) is 25.7. The molecule has 4 rings (SSSR count). The van der Waals surface area contributed by atoms with Gasteiger partial charge in [0.1, 0.15) is 10.6 Å². The van der Waals surface area contributed by atoms with Gasteiger partial charge < -0.3 is 9.30 Å². The fourth-order valence-electron chi connectivity index (χ4n) is 3.98. The molecule has 3 aromatic rings. The minimum Gasteiger partial charge on any atom is -0.490 e. The summed E-state index contributed by atoms with van der Waals surface area (Å²) in [6.07, 6.45) is 2.87. The summed E-state index contributed by atoms with van der Waals surface area (Å²) in [6, 6.07) is 10.2. The zero-order valence-electron chi connectivity index (χ0n) is 18.7. The Labute approximate surface area is 200 Å². The summed E-state index contributed by atoms with van der Waals surface area (Å²) < 4.78 is 59.3. The van der Waals surface area contributed by atoms with Gasteiger partial charge in [-0.2, -0.15) is 0 Å². The van der Waals surface area contributed by atoms with E-state index in [0.29, 0.717) is 18.1 Å². The number of aryl methyl sites for hydroxylation is 1. The van der Waals surface area contributed by atoms with Crippen molar-refractivity contribution in [1.29, 1.82) is 0 Å². The molecule has 0 saturated heterocycles. The number of nitrogens with one attached hydrogen (secondary N) is 1. The van der Waals surface area contributed by atoms with E-state index in [1.54, 1.807) is 0 Å². The zero-order chi connectivity index (χ0) is 25.2. The molecule has 0 bridgehead atoms. The molecule has 2 aromatic carbocycles. The molecule has 3 N–H and O–H groups in total. The van der Waals surface area contributed by atoms with E-state index >= 15 is 0 Å². The van der Waals surface area contributed by atoms with Crippen LogP contribution in [0.3, 0.4) is 0 Å². The molecule has 1 unspecified atom stereocenters. The maximum Gasteiger partial charge on any atom is 0.328 e. The second kappa shape index (κ2) is 9.74. The van der Waals surface area contributed by atoms with Crippen LogP contribution >= 0.6 is 0 Å². The molecular formula is C24H25F2N3O5S. The van der Waals surface area contributed by atoms with Crippen molar-refractivity contribution in [1.82, 2.24) is 9.55 Å². The van der Waals surface area contributed by atoms with Crippen molar-refractivity contribution in [2.45, 2.75) is 37.0 Å². The van der Waals surface area contributed by atoms with Gasteiger partial charge in [-0.1, -0.05) is 18.2 Å². The van der Waals surface area contributed by atoms with E-state index in [1.807, 2.05) is 0 Å². The number of hydrogen-bond donors (Lipinski definition) is 2. The van der Waals surface area contributed by atoms with Gasteiger partial charge >= 0.3 is 5.69 Å². The van der Waals surface area contributed by atoms with Crippen LogP contribution in [0.4, 0.5) is 8.78 Å². The van der Waals surface area contributed by atoms with Gasteiger partial charge in [0.2, 0.25) is 10.0 Å². The second-order valence-electron chi connectivity index (χ2n) is 8.80. The van der Waals surface area contributed by atoms with Crippen molar-refractivity contribution < 1.29 is 21.9 Å². The van der Waals surface area contributed by atoms with Gasteiger partial charge in [0.15, 0.2) is 11.6 Å². The lowest BCUT2D eigenvalue weighted by Gasteiger charge is -2.33. The van der Waals surface area contributed by atoms with Gasteiger partial charge in [-0.15, -0.1) is 0 Å². The molecule has 35 heavy (non-hydrogen) atoms. The van der Waals surface area contributed by atoms with Crippen LogP contribution in [-0.2, 0) is 27.7 Å². The third-order valence-corrected chi connectivity index (χ3v) is 7.90. The SMILES string of the molecule is NS(=O)(=O)C(CCn1ccc(=O)[nH]c1=O)(Cc1ccc(F)cc1)c1ccc(F)c(OCC2CC2)c1. The third kappa shape index (κ3) is 5.68. The Bertz CT molecular complexity index is 1430. The molecule has 1 aliphatic rings. The summed E-state index contributed by atoms with van der Waals surface area (Å²) >= 11 is 0. The van der Waals surface area contributed by atoms with Crippen molar-refractivity contribution in [3.8, 4) is 5.75 Å². The number of nitrogens with two attached hydrogens (primary N) is 1. The topological polar surface area (TPSA) is 124 Å². The number of benzene rings is 2. The highest BCUT2D eigenvalue weighted by Crippen LogP contribution is 2.39. The Morgan fingerprint density at radius 1 is 1.09 bits per heavy atom. The summed E-state index contributed by atoms with van der Waals surface area (Å²) in [7, 11) is -4.39. The van der Waals surface area contributed by atoms with Gasteiger partial charge in [-0.05, 0) is 67.0 Å². The third-order valence-electron chi connectivity index (χ3n) is 6.23. The monoisotopic (exact) mass is 505 g/mol. The van der Waals surface area contributed by atoms with E-state index in [4.69, 9.17) is 9.88 Å². The summed E-state index contributed by atoms with van der Waals surface area (Å²) in [5.41, 5.74) is -0.658. The zero-order valence-corrected chi connectivity index (χ0v) is 19.6. The normalized spacial score (nSPS) is 15.5. The largest absolute Gasteiger partial charge is 0.490 e. The number of primary sulfonamides is 1. The first-order valence-corrected chi connectivity index (χ1v) is 12.6. The van der Waals surface area contributed by atoms with E-state index in [9.17, 15) is 26.8 Å². The molecule has 1 atom stereocenters. The lowest BCUT2D eigenvalue weighted by atomic mass is 9.87. The van der Waals surface area contributed by atoms with Crippen LogP contribution in [0.15, 0.2) is 64.3 Å². The van der Waals surface area contributed by atoms with Crippen LogP contribution in [-0.4, -0.2) is 24.6 Å². The Morgan fingerprint density at radius 3 is 2.43 bits per heavy atom. The number of halogens is 2. The van der Waals surface area contributed by atoms with Gasteiger partial charge in [0.05, 0.1) is 6.61 Å². The number of nitrogens with zero attached hydrogens (tertiary/aromatic N) is 1. The molecule has 186 valence electrons. The van der Waals surface area contributed by atoms with Crippen LogP contribution in [0.25, 0.3) is 0 Å². The number of sulfonamides is 1. The van der Waals surface area contributed by atoms with E-state index in [1.165, 1.54) is 42.6 Å². The standard InChI is InChI=1S/C24H25F2N3O5S/c25-19-6-3-16(4-7-19)14-24(35(27,32)33,10-12-29-11-9-22(30)28-23(29)31)18-5-8-20(26)21(13-18)34-15-17-1-2-17/h3-9,11,13,17H,1-2,10,12,14-15H2,(H2,27,32,33)(H,28,30,31). The molecule has 1 aromatic heterocycles. The van der Waals surface area contributed by atoms with Crippen LogP contribution < -0.4 is 21.1 Å². The molecule has 0 spiro atoms. The molecular weight excluding hydrogens is 480 g/mol. The molecule has 0 radical (unpaired) electrons. The van der Waals surface area contributed by atoms with Crippen molar-refractivity contribution in [2.24, 2.45) is 11.1 Å².